The van der Waals surface area contributed by atoms with Gasteiger partial charge in [-0.2, -0.15) is 0 Å². The van der Waals surface area contributed by atoms with E-state index in [4.69, 9.17) is 10.5 Å². The maximum Gasteiger partial charge on any atom is 0.245 e. The molecule has 6 heteroatoms. The van der Waals surface area contributed by atoms with Gasteiger partial charge < -0.3 is 20.7 Å². The van der Waals surface area contributed by atoms with Crippen LogP contribution in [0.3, 0.4) is 0 Å². The molecule has 1 aliphatic heterocycles. The number of nitrogens with zero attached hydrogens (tertiary/aromatic N) is 1. The Balaban J connectivity index is 2.42. The molecular weight excluding hydrogens is 246 g/mol. The van der Waals surface area contributed by atoms with Gasteiger partial charge in [0.1, 0.15) is 6.04 Å². The van der Waals surface area contributed by atoms with E-state index in [-0.39, 0.29) is 11.8 Å². The number of ether oxygens (including phenoxy) is 1. The van der Waals surface area contributed by atoms with E-state index in [1.807, 2.05) is 13.8 Å². The van der Waals surface area contributed by atoms with Crippen LogP contribution in [0.25, 0.3) is 0 Å². The maximum atomic E-state index is 12.1. The van der Waals surface area contributed by atoms with Crippen molar-refractivity contribution in [2.24, 2.45) is 11.7 Å². The Kier molecular flexibility index (Phi) is 6.24. The Morgan fingerprint density at radius 2 is 1.84 bits per heavy atom. The van der Waals surface area contributed by atoms with Crippen LogP contribution in [0.1, 0.15) is 27.2 Å². The van der Waals surface area contributed by atoms with E-state index in [0.717, 1.165) is 0 Å². The van der Waals surface area contributed by atoms with Gasteiger partial charge >= 0.3 is 0 Å². The number of nitrogens with one attached hydrogen (secondary N) is 1. The van der Waals surface area contributed by atoms with Crippen molar-refractivity contribution in [3.8, 4) is 0 Å². The SMILES string of the molecule is CC(C)C[C@@H](N)C(=O)NC(C)C(=O)N1CCOCC1. The van der Waals surface area contributed by atoms with Gasteiger partial charge in [0.25, 0.3) is 0 Å². The van der Waals surface area contributed by atoms with Crippen LogP contribution in [0.2, 0.25) is 0 Å². The van der Waals surface area contributed by atoms with E-state index in [9.17, 15) is 9.59 Å². The smallest absolute Gasteiger partial charge is 0.245 e. The summed E-state index contributed by atoms with van der Waals surface area (Å²) in [5.41, 5.74) is 5.79. The second kappa shape index (κ2) is 7.45. The molecule has 1 fully saturated rings. The highest BCUT2D eigenvalue weighted by Crippen LogP contribution is 2.04. The van der Waals surface area contributed by atoms with Crippen LogP contribution in [-0.4, -0.2) is 55.1 Å². The molecule has 1 unspecified atom stereocenters. The lowest BCUT2D eigenvalue weighted by Crippen LogP contribution is -2.53. The fourth-order valence-corrected chi connectivity index (χ4v) is 2.05. The lowest BCUT2D eigenvalue weighted by molar-refractivity contribution is -0.139. The third-order valence-electron chi connectivity index (χ3n) is 3.11. The number of hydrogen-bond donors (Lipinski definition) is 2. The van der Waals surface area contributed by atoms with Crippen molar-refractivity contribution in [2.75, 3.05) is 26.3 Å². The summed E-state index contributed by atoms with van der Waals surface area (Å²) < 4.78 is 5.19. The van der Waals surface area contributed by atoms with E-state index in [1.165, 1.54) is 0 Å². The van der Waals surface area contributed by atoms with Crippen LogP contribution in [0.15, 0.2) is 0 Å². The van der Waals surface area contributed by atoms with Crippen LogP contribution < -0.4 is 11.1 Å². The molecule has 0 bridgehead atoms. The van der Waals surface area contributed by atoms with Gasteiger partial charge in [0.2, 0.25) is 11.8 Å². The van der Waals surface area contributed by atoms with Crippen molar-refractivity contribution < 1.29 is 14.3 Å². The molecule has 0 radical (unpaired) electrons. The fourth-order valence-electron chi connectivity index (χ4n) is 2.05. The molecule has 6 nitrogen and oxygen atoms in total. The van der Waals surface area contributed by atoms with Gasteiger partial charge in [-0.05, 0) is 19.3 Å². The van der Waals surface area contributed by atoms with Gasteiger partial charge in [-0.15, -0.1) is 0 Å². The zero-order valence-corrected chi connectivity index (χ0v) is 12.0. The Morgan fingerprint density at radius 3 is 2.37 bits per heavy atom. The van der Waals surface area contributed by atoms with Gasteiger partial charge in [-0.1, -0.05) is 13.8 Å². The number of amides is 2. The summed E-state index contributed by atoms with van der Waals surface area (Å²) in [4.78, 5) is 25.6. The summed E-state index contributed by atoms with van der Waals surface area (Å²) in [5, 5.41) is 2.69. The molecule has 0 spiro atoms. The quantitative estimate of drug-likeness (QED) is 0.720. The van der Waals surface area contributed by atoms with Gasteiger partial charge in [0.15, 0.2) is 0 Å². The van der Waals surface area contributed by atoms with E-state index >= 15 is 0 Å². The Labute approximate surface area is 114 Å². The molecular formula is C13H25N3O3. The summed E-state index contributed by atoms with van der Waals surface area (Å²) in [5.74, 6) is 0.0159. The van der Waals surface area contributed by atoms with Crippen molar-refractivity contribution >= 4 is 11.8 Å². The number of hydrogen-bond acceptors (Lipinski definition) is 4. The fraction of sp³-hybridized carbons (Fsp3) is 0.846. The molecule has 1 saturated heterocycles. The molecule has 3 N–H and O–H groups in total. The van der Waals surface area contributed by atoms with Crippen LogP contribution in [0.5, 0.6) is 0 Å². The first-order chi connectivity index (χ1) is 8.91. The zero-order chi connectivity index (χ0) is 14.4. The molecule has 0 aromatic rings. The van der Waals surface area contributed by atoms with Crippen LogP contribution >= 0.6 is 0 Å². The normalized spacial score (nSPS) is 19.1. The summed E-state index contributed by atoms with van der Waals surface area (Å²) in [6.45, 7) is 7.98. The number of carbonyl (C=O) groups excluding carboxylic acids is 2. The predicted molar refractivity (Wildman–Crippen MR) is 72.4 cm³/mol. The average Bonchev–Trinajstić information content (AvgIpc) is 2.37. The van der Waals surface area contributed by atoms with Gasteiger partial charge in [0, 0.05) is 13.1 Å². The molecule has 1 rings (SSSR count). The highest BCUT2D eigenvalue weighted by atomic mass is 16.5. The minimum atomic E-state index is -0.556. The highest BCUT2D eigenvalue weighted by molar-refractivity contribution is 5.89. The first-order valence-electron chi connectivity index (χ1n) is 6.84. The topological polar surface area (TPSA) is 84.7 Å². The average molecular weight is 271 g/mol. The summed E-state index contributed by atoms with van der Waals surface area (Å²) in [6, 6.07) is -1.09. The van der Waals surface area contributed by atoms with Crippen molar-refractivity contribution in [1.82, 2.24) is 10.2 Å². The zero-order valence-electron chi connectivity index (χ0n) is 12.0. The lowest BCUT2D eigenvalue weighted by Gasteiger charge is -2.29. The molecule has 0 aromatic heterocycles. The van der Waals surface area contributed by atoms with Crippen molar-refractivity contribution in [2.45, 2.75) is 39.3 Å². The van der Waals surface area contributed by atoms with Gasteiger partial charge in [-0.3, -0.25) is 9.59 Å². The van der Waals surface area contributed by atoms with Gasteiger partial charge in [-0.25, -0.2) is 0 Å². The van der Waals surface area contributed by atoms with Crippen molar-refractivity contribution in [1.29, 1.82) is 0 Å². The second-order valence-electron chi connectivity index (χ2n) is 5.40. The minimum absolute atomic E-state index is 0.0756. The monoisotopic (exact) mass is 271 g/mol. The third-order valence-corrected chi connectivity index (χ3v) is 3.11. The Bertz CT molecular complexity index is 314. The van der Waals surface area contributed by atoms with E-state index in [1.54, 1.807) is 11.8 Å². The second-order valence-corrected chi connectivity index (χ2v) is 5.40. The molecule has 1 heterocycles. The Morgan fingerprint density at radius 1 is 1.26 bits per heavy atom. The number of rotatable bonds is 5. The van der Waals surface area contributed by atoms with E-state index in [2.05, 4.69) is 5.32 Å². The highest BCUT2D eigenvalue weighted by Gasteiger charge is 2.25. The predicted octanol–water partition coefficient (Wildman–Crippen LogP) is -0.277. The lowest BCUT2D eigenvalue weighted by atomic mass is 10.0. The molecule has 110 valence electrons. The molecule has 19 heavy (non-hydrogen) atoms. The first kappa shape index (κ1) is 15.9. The number of nitrogens with two attached hydrogens (primary N) is 1. The van der Waals surface area contributed by atoms with Crippen molar-refractivity contribution in [3.63, 3.8) is 0 Å². The maximum absolute atomic E-state index is 12.1. The molecule has 2 atom stereocenters. The summed E-state index contributed by atoms with van der Waals surface area (Å²) >= 11 is 0. The first-order valence-corrected chi connectivity index (χ1v) is 6.84. The Hall–Kier alpha value is -1.14. The standard InChI is InChI=1S/C13H25N3O3/c1-9(2)8-11(14)12(17)15-10(3)13(18)16-4-6-19-7-5-16/h9-11H,4-8,14H2,1-3H3,(H,15,17)/t10?,11-/m1/s1. The van der Waals surface area contributed by atoms with Crippen LogP contribution in [0, 0.1) is 5.92 Å². The largest absolute Gasteiger partial charge is 0.378 e. The minimum Gasteiger partial charge on any atom is -0.378 e. The van der Waals surface area contributed by atoms with E-state index < -0.39 is 12.1 Å². The molecule has 0 aliphatic carbocycles. The van der Waals surface area contributed by atoms with Crippen molar-refractivity contribution in [3.05, 3.63) is 0 Å². The van der Waals surface area contributed by atoms with Gasteiger partial charge in [0.05, 0.1) is 19.3 Å². The van der Waals surface area contributed by atoms with E-state index in [0.29, 0.717) is 38.6 Å². The molecule has 2 amide bonds. The van der Waals surface area contributed by atoms with Crippen LogP contribution in [-0.2, 0) is 14.3 Å². The molecule has 0 aromatic carbocycles. The summed E-state index contributed by atoms with van der Waals surface area (Å²) in [7, 11) is 0. The summed E-state index contributed by atoms with van der Waals surface area (Å²) in [6.07, 6.45) is 0.615. The third kappa shape index (κ3) is 5.16. The molecule has 1 aliphatic rings. The molecule has 0 saturated carbocycles. The number of morpholine rings is 1. The van der Waals surface area contributed by atoms with Crippen LogP contribution in [0.4, 0.5) is 0 Å². The number of carbonyl (C=O) groups is 2.